The highest BCUT2D eigenvalue weighted by molar-refractivity contribution is 9.10. The number of rotatable bonds is 2. The van der Waals surface area contributed by atoms with Crippen LogP contribution in [0.15, 0.2) is 16.7 Å². The van der Waals surface area contributed by atoms with Crippen molar-refractivity contribution < 1.29 is 0 Å². The van der Waals surface area contributed by atoms with Crippen molar-refractivity contribution in [2.45, 2.75) is 40.7 Å². The first-order valence-corrected chi connectivity index (χ1v) is 6.45. The Hall–Kier alpha value is -0.570. The maximum Gasteiger partial charge on any atom is 0.126 e. The molecule has 1 saturated carbocycles. The van der Waals surface area contributed by atoms with Crippen LogP contribution in [0.2, 0.25) is 0 Å². The van der Waals surface area contributed by atoms with Crippen LogP contribution in [0.5, 0.6) is 0 Å². The second kappa shape index (κ2) is 3.46. The average Bonchev–Trinajstić information content (AvgIpc) is 2.54. The van der Waals surface area contributed by atoms with Crippen LogP contribution in [0.25, 0.3) is 0 Å². The molecule has 0 bridgehead atoms. The Bertz CT molecular complexity index is 410. The lowest BCUT2D eigenvalue weighted by Crippen LogP contribution is -2.11. The Kier molecular flexibility index (Phi) is 2.57. The molecule has 0 aliphatic heterocycles. The third-order valence-corrected chi connectivity index (χ3v) is 5.19. The van der Waals surface area contributed by atoms with Gasteiger partial charge in [-0.05, 0) is 45.3 Å². The van der Waals surface area contributed by atoms with Crippen molar-refractivity contribution in [2.75, 3.05) is 5.32 Å². The molecule has 2 rings (SSSR count). The average molecular weight is 283 g/mol. The van der Waals surface area contributed by atoms with Gasteiger partial charge in [0.05, 0.1) is 0 Å². The van der Waals surface area contributed by atoms with Crippen molar-refractivity contribution in [3.63, 3.8) is 0 Å². The van der Waals surface area contributed by atoms with Gasteiger partial charge < -0.3 is 5.32 Å². The number of halogens is 1. The fourth-order valence-electron chi connectivity index (χ4n) is 2.32. The smallest absolute Gasteiger partial charge is 0.126 e. The minimum absolute atomic E-state index is 0.343. The first kappa shape index (κ1) is 11.9. The van der Waals surface area contributed by atoms with E-state index in [-0.39, 0.29) is 0 Å². The lowest BCUT2D eigenvalue weighted by Gasteiger charge is -2.08. The third kappa shape index (κ3) is 1.65. The SMILES string of the molecule is Cc1cc(NC2C(C)(C)C2(C)C)ncc1Br. The van der Waals surface area contributed by atoms with Crippen LogP contribution in [0.1, 0.15) is 33.3 Å². The summed E-state index contributed by atoms with van der Waals surface area (Å²) in [5.41, 5.74) is 1.90. The maximum atomic E-state index is 4.39. The number of nitrogens with one attached hydrogen (secondary N) is 1. The van der Waals surface area contributed by atoms with E-state index in [1.807, 2.05) is 6.20 Å². The number of nitrogens with zero attached hydrogens (tertiary/aromatic N) is 1. The van der Waals surface area contributed by atoms with Crippen LogP contribution in [0.3, 0.4) is 0 Å². The second-order valence-corrected chi connectivity index (χ2v) is 6.69. The summed E-state index contributed by atoms with van der Waals surface area (Å²) in [4.78, 5) is 4.39. The standard InChI is InChI=1S/C13H19BrN2/c1-8-6-10(15-7-9(8)14)16-11-12(2,3)13(11,4)5/h6-7,11H,1-5H3,(H,15,16). The van der Waals surface area contributed by atoms with Gasteiger partial charge in [-0.3, -0.25) is 0 Å². The maximum absolute atomic E-state index is 4.39. The Morgan fingerprint density at radius 2 is 1.81 bits per heavy atom. The highest BCUT2D eigenvalue weighted by atomic mass is 79.9. The van der Waals surface area contributed by atoms with Gasteiger partial charge in [0.2, 0.25) is 0 Å². The van der Waals surface area contributed by atoms with Gasteiger partial charge in [-0.25, -0.2) is 4.98 Å². The number of hydrogen-bond acceptors (Lipinski definition) is 2. The van der Waals surface area contributed by atoms with E-state index in [4.69, 9.17) is 0 Å². The molecule has 1 aliphatic rings. The highest BCUT2D eigenvalue weighted by Gasteiger charge is 2.65. The summed E-state index contributed by atoms with van der Waals surface area (Å²) in [6.07, 6.45) is 1.86. The summed E-state index contributed by atoms with van der Waals surface area (Å²) in [5.74, 6) is 0.976. The summed E-state index contributed by atoms with van der Waals surface area (Å²) in [7, 11) is 0. The molecule has 0 amide bonds. The number of aromatic nitrogens is 1. The lowest BCUT2D eigenvalue weighted by molar-refractivity contribution is 0.457. The van der Waals surface area contributed by atoms with Crippen LogP contribution in [-0.2, 0) is 0 Å². The predicted octanol–water partition coefficient (Wildman–Crippen LogP) is 4.00. The van der Waals surface area contributed by atoms with Gasteiger partial charge in [0.1, 0.15) is 5.82 Å². The molecule has 1 N–H and O–H groups in total. The quantitative estimate of drug-likeness (QED) is 0.887. The zero-order valence-electron chi connectivity index (χ0n) is 10.6. The number of aryl methyl sites for hydroxylation is 1. The molecule has 88 valence electrons. The van der Waals surface area contributed by atoms with Crippen LogP contribution < -0.4 is 5.32 Å². The Morgan fingerprint density at radius 1 is 1.25 bits per heavy atom. The van der Waals surface area contributed by atoms with Crippen LogP contribution >= 0.6 is 15.9 Å². The summed E-state index contributed by atoms with van der Waals surface area (Å²) in [6, 6.07) is 2.60. The molecular weight excluding hydrogens is 264 g/mol. The summed E-state index contributed by atoms with van der Waals surface area (Å²) in [6.45, 7) is 11.3. The van der Waals surface area contributed by atoms with E-state index in [0.29, 0.717) is 16.9 Å². The monoisotopic (exact) mass is 282 g/mol. The van der Waals surface area contributed by atoms with Gasteiger partial charge in [0.15, 0.2) is 0 Å². The Balaban J connectivity index is 2.15. The van der Waals surface area contributed by atoms with E-state index in [2.05, 4.69) is 66.9 Å². The van der Waals surface area contributed by atoms with E-state index >= 15 is 0 Å². The van der Waals surface area contributed by atoms with Gasteiger partial charge in [0, 0.05) is 16.7 Å². The summed E-state index contributed by atoms with van der Waals surface area (Å²) >= 11 is 3.47. The molecule has 0 aromatic carbocycles. The first-order chi connectivity index (χ1) is 7.26. The molecule has 0 radical (unpaired) electrons. The minimum atomic E-state index is 0.343. The van der Waals surface area contributed by atoms with Crippen molar-refractivity contribution in [2.24, 2.45) is 10.8 Å². The first-order valence-electron chi connectivity index (χ1n) is 5.65. The molecule has 0 saturated heterocycles. The molecular formula is C13H19BrN2. The van der Waals surface area contributed by atoms with Crippen LogP contribution in [0.4, 0.5) is 5.82 Å². The Labute approximate surface area is 106 Å². The zero-order valence-corrected chi connectivity index (χ0v) is 12.1. The van der Waals surface area contributed by atoms with Crippen LogP contribution in [0, 0.1) is 17.8 Å². The molecule has 0 atom stereocenters. The van der Waals surface area contributed by atoms with E-state index in [1.54, 1.807) is 0 Å². The van der Waals surface area contributed by atoms with Gasteiger partial charge in [-0.2, -0.15) is 0 Å². The molecule has 2 nitrogen and oxygen atoms in total. The molecule has 3 heteroatoms. The molecule has 0 spiro atoms. The fraction of sp³-hybridized carbons (Fsp3) is 0.615. The largest absolute Gasteiger partial charge is 0.366 e. The predicted molar refractivity (Wildman–Crippen MR) is 71.6 cm³/mol. The van der Waals surface area contributed by atoms with Crippen molar-refractivity contribution in [3.05, 3.63) is 22.3 Å². The second-order valence-electron chi connectivity index (χ2n) is 5.84. The van der Waals surface area contributed by atoms with Crippen molar-refractivity contribution in [3.8, 4) is 0 Å². The van der Waals surface area contributed by atoms with E-state index < -0.39 is 0 Å². The number of pyridine rings is 1. The van der Waals surface area contributed by atoms with E-state index in [1.165, 1.54) is 5.56 Å². The molecule has 16 heavy (non-hydrogen) atoms. The summed E-state index contributed by atoms with van der Waals surface area (Å²) in [5, 5.41) is 3.53. The highest BCUT2D eigenvalue weighted by Crippen LogP contribution is 2.63. The fourth-order valence-corrected chi connectivity index (χ4v) is 2.54. The molecule has 1 aromatic heterocycles. The molecule has 1 aliphatic carbocycles. The molecule has 1 fully saturated rings. The minimum Gasteiger partial charge on any atom is -0.366 e. The normalized spacial score (nSPS) is 21.9. The van der Waals surface area contributed by atoms with Crippen molar-refractivity contribution >= 4 is 21.7 Å². The van der Waals surface area contributed by atoms with Gasteiger partial charge in [-0.15, -0.1) is 0 Å². The van der Waals surface area contributed by atoms with Crippen LogP contribution in [-0.4, -0.2) is 11.0 Å². The van der Waals surface area contributed by atoms with Gasteiger partial charge in [-0.1, -0.05) is 27.7 Å². The van der Waals surface area contributed by atoms with Gasteiger partial charge in [0.25, 0.3) is 0 Å². The van der Waals surface area contributed by atoms with Crippen molar-refractivity contribution in [1.29, 1.82) is 0 Å². The number of anilines is 1. The Morgan fingerprint density at radius 3 is 2.25 bits per heavy atom. The zero-order chi connectivity index (χ0) is 12.1. The third-order valence-electron chi connectivity index (χ3n) is 4.36. The number of hydrogen-bond donors (Lipinski definition) is 1. The van der Waals surface area contributed by atoms with Gasteiger partial charge >= 0.3 is 0 Å². The topological polar surface area (TPSA) is 24.9 Å². The molecule has 1 aromatic rings. The van der Waals surface area contributed by atoms with E-state index in [0.717, 1.165) is 10.3 Å². The summed E-state index contributed by atoms with van der Waals surface area (Å²) < 4.78 is 1.06. The molecule has 0 unspecified atom stereocenters. The lowest BCUT2D eigenvalue weighted by atomic mass is 10.0. The van der Waals surface area contributed by atoms with E-state index in [9.17, 15) is 0 Å². The molecule has 1 heterocycles. The van der Waals surface area contributed by atoms with Crippen molar-refractivity contribution in [1.82, 2.24) is 4.98 Å².